The van der Waals surface area contributed by atoms with Gasteiger partial charge in [0.05, 0.1) is 12.7 Å². The molecule has 0 aliphatic carbocycles. The first kappa shape index (κ1) is 7.38. The number of hydrogen-bond donors (Lipinski definition) is 1. The first-order valence-electron chi connectivity index (χ1n) is 3.38. The van der Waals surface area contributed by atoms with E-state index in [0.29, 0.717) is 6.10 Å². The zero-order valence-electron chi connectivity index (χ0n) is 5.71. The van der Waals surface area contributed by atoms with Crippen LogP contribution >= 0.6 is 12.8 Å². The molecule has 1 aliphatic heterocycles. The number of thiol groups is 1. The summed E-state index contributed by atoms with van der Waals surface area (Å²) in [5.41, 5.74) is 0. The van der Waals surface area contributed by atoms with E-state index in [1.165, 1.54) is 0 Å². The Morgan fingerprint density at radius 2 is 2.56 bits per heavy atom. The van der Waals surface area contributed by atoms with Gasteiger partial charge in [-0.1, -0.05) is 19.7 Å². The van der Waals surface area contributed by atoms with Gasteiger partial charge in [-0.15, -0.1) is 0 Å². The van der Waals surface area contributed by atoms with Crippen molar-refractivity contribution in [1.29, 1.82) is 0 Å². The van der Waals surface area contributed by atoms with Gasteiger partial charge in [-0.3, -0.25) is 0 Å². The summed E-state index contributed by atoms with van der Waals surface area (Å²) in [4.78, 5) is 0. The molecular weight excluding hydrogens is 134 g/mol. The van der Waals surface area contributed by atoms with Gasteiger partial charge >= 0.3 is 0 Å². The summed E-state index contributed by atoms with van der Waals surface area (Å²) in [6, 6.07) is 0. The minimum absolute atomic E-state index is 0.413. The van der Waals surface area contributed by atoms with Gasteiger partial charge in [0.2, 0.25) is 0 Å². The maximum atomic E-state index is 5.41. The molecule has 1 aliphatic rings. The molecule has 0 bridgehead atoms. The minimum atomic E-state index is 0.413. The minimum Gasteiger partial charge on any atom is -0.375 e. The molecule has 0 saturated carbocycles. The third-order valence-electron chi connectivity index (χ3n) is 1.57. The zero-order chi connectivity index (χ0) is 6.69. The average molecular weight is 147 g/mol. The van der Waals surface area contributed by atoms with E-state index in [4.69, 9.17) is 4.74 Å². The molecule has 1 rings (SSSR count). The largest absolute Gasteiger partial charge is 0.375 e. The quantitative estimate of drug-likeness (QED) is 0.554. The molecule has 0 aromatic carbocycles. The molecule has 0 unspecified atom stereocenters. The van der Waals surface area contributed by atoms with E-state index in [1.807, 2.05) is 4.31 Å². The third-order valence-corrected chi connectivity index (χ3v) is 1.94. The van der Waals surface area contributed by atoms with Crippen LogP contribution in [-0.4, -0.2) is 30.1 Å². The molecule has 1 heterocycles. The molecule has 0 aromatic heterocycles. The second-order valence-electron chi connectivity index (χ2n) is 2.31. The number of rotatable bonds is 1. The van der Waals surface area contributed by atoms with Gasteiger partial charge in [0.15, 0.2) is 0 Å². The fraction of sp³-hybridized carbons (Fsp3) is 1.00. The van der Waals surface area contributed by atoms with E-state index in [0.717, 1.165) is 26.1 Å². The van der Waals surface area contributed by atoms with E-state index in [2.05, 4.69) is 19.7 Å². The Bertz CT molecular complexity index is 89.1. The highest BCUT2D eigenvalue weighted by Crippen LogP contribution is 2.08. The lowest BCUT2D eigenvalue weighted by Gasteiger charge is -2.27. The Hall–Kier alpha value is 0.270. The molecule has 0 spiro atoms. The Morgan fingerprint density at radius 1 is 1.78 bits per heavy atom. The predicted octanol–water partition coefficient (Wildman–Crippen LogP) is 0.942. The summed E-state index contributed by atoms with van der Waals surface area (Å²) in [7, 11) is 0. The van der Waals surface area contributed by atoms with Gasteiger partial charge < -0.3 is 4.74 Å². The molecule has 1 saturated heterocycles. The van der Waals surface area contributed by atoms with Crippen molar-refractivity contribution in [3.8, 4) is 0 Å². The van der Waals surface area contributed by atoms with Crippen molar-refractivity contribution < 1.29 is 4.74 Å². The van der Waals surface area contributed by atoms with Crippen molar-refractivity contribution in [2.45, 2.75) is 19.4 Å². The smallest absolute Gasteiger partial charge is 0.0709 e. The lowest BCUT2D eigenvalue weighted by atomic mass is 10.2. The number of ether oxygens (including phenoxy) is 1. The number of morpholine rings is 1. The molecule has 0 aromatic rings. The van der Waals surface area contributed by atoms with E-state index < -0.39 is 0 Å². The Morgan fingerprint density at radius 3 is 3.00 bits per heavy atom. The second kappa shape index (κ2) is 3.44. The molecule has 0 N–H and O–H groups in total. The topological polar surface area (TPSA) is 12.5 Å². The van der Waals surface area contributed by atoms with Crippen LogP contribution in [0.1, 0.15) is 13.3 Å². The van der Waals surface area contributed by atoms with Crippen LogP contribution in [0.3, 0.4) is 0 Å². The summed E-state index contributed by atoms with van der Waals surface area (Å²) in [6.07, 6.45) is 1.51. The molecule has 9 heavy (non-hydrogen) atoms. The van der Waals surface area contributed by atoms with Crippen molar-refractivity contribution >= 4 is 12.8 Å². The normalized spacial score (nSPS) is 30.7. The van der Waals surface area contributed by atoms with Crippen LogP contribution in [-0.2, 0) is 4.74 Å². The first-order valence-corrected chi connectivity index (χ1v) is 3.78. The summed E-state index contributed by atoms with van der Waals surface area (Å²) in [6.45, 7) is 4.90. The summed E-state index contributed by atoms with van der Waals surface area (Å²) in [5.74, 6) is 0. The maximum absolute atomic E-state index is 5.41. The molecule has 2 nitrogen and oxygen atoms in total. The average Bonchev–Trinajstić information content (AvgIpc) is 1.88. The van der Waals surface area contributed by atoms with Crippen LogP contribution in [0.4, 0.5) is 0 Å². The highest BCUT2D eigenvalue weighted by molar-refractivity contribution is 7.77. The summed E-state index contributed by atoms with van der Waals surface area (Å²) < 4.78 is 7.42. The molecule has 3 heteroatoms. The number of nitrogens with zero attached hydrogens (tertiary/aromatic N) is 1. The van der Waals surface area contributed by atoms with Gasteiger partial charge in [0.25, 0.3) is 0 Å². The molecular formula is C6H13NOS. The van der Waals surface area contributed by atoms with Crippen molar-refractivity contribution in [1.82, 2.24) is 4.31 Å². The van der Waals surface area contributed by atoms with Gasteiger partial charge in [0.1, 0.15) is 0 Å². The molecule has 54 valence electrons. The lowest BCUT2D eigenvalue weighted by molar-refractivity contribution is 0.000905. The summed E-state index contributed by atoms with van der Waals surface area (Å²) >= 11 is 4.23. The van der Waals surface area contributed by atoms with E-state index >= 15 is 0 Å². The summed E-state index contributed by atoms with van der Waals surface area (Å²) in [5, 5.41) is 0. The van der Waals surface area contributed by atoms with E-state index in [1.54, 1.807) is 0 Å². The van der Waals surface area contributed by atoms with Crippen LogP contribution in [0.5, 0.6) is 0 Å². The number of hydrogen-bond acceptors (Lipinski definition) is 3. The van der Waals surface area contributed by atoms with Crippen molar-refractivity contribution in [2.24, 2.45) is 0 Å². The second-order valence-corrected chi connectivity index (χ2v) is 2.88. The lowest BCUT2D eigenvalue weighted by Crippen LogP contribution is -2.36. The van der Waals surface area contributed by atoms with Gasteiger partial charge in [-0.05, 0) is 6.42 Å². The van der Waals surface area contributed by atoms with Crippen molar-refractivity contribution in [3.63, 3.8) is 0 Å². The van der Waals surface area contributed by atoms with E-state index in [9.17, 15) is 0 Å². The fourth-order valence-corrected chi connectivity index (χ4v) is 1.21. The highest BCUT2D eigenvalue weighted by Gasteiger charge is 2.15. The van der Waals surface area contributed by atoms with Gasteiger partial charge in [-0.2, -0.15) is 0 Å². The van der Waals surface area contributed by atoms with Gasteiger partial charge in [-0.25, -0.2) is 4.31 Å². The zero-order valence-corrected chi connectivity index (χ0v) is 6.60. The highest BCUT2D eigenvalue weighted by atomic mass is 32.1. The monoisotopic (exact) mass is 147 g/mol. The molecule has 1 fully saturated rings. The van der Waals surface area contributed by atoms with Crippen molar-refractivity contribution in [3.05, 3.63) is 0 Å². The van der Waals surface area contributed by atoms with Crippen molar-refractivity contribution in [2.75, 3.05) is 19.7 Å². The third kappa shape index (κ3) is 2.16. The standard InChI is InChI=1S/C6H13NOS/c1-2-6-5-7(9)3-4-8-6/h6,9H,2-5H2,1H3/t6-/m0/s1. The fourth-order valence-electron chi connectivity index (χ4n) is 0.951. The van der Waals surface area contributed by atoms with Crippen LogP contribution in [0.15, 0.2) is 0 Å². The molecule has 0 radical (unpaired) electrons. The SMILES string of the molecule is CC[C@H]1CN(S)CCO1. The van der Waals surface area contributed by atoms with Crippen LogP contribution in [0.2, 0.25) is 0 Å². The first-order chi connectivity index (χ1) is 4.33. The van der Waals surface area contributed by atoms with Crippen LogP contribution in [0, 0.1) is 0 Å². The Labute approximate surface area is 61.7 Å². The Kier molecular flexibility index (Phi) is 2.82. The van der Waals surface area contributed by atoms with Crippen LogP contribution < -0.4 is 0 Å². The molecule has 1 atom stereocenters. The predicted molar refractivity (Wildman–Crippen MR) is 40.6 cm³/mol. The maximum Gasteiger partial charge on any atom is 0.0709 e. The van der Waals surface area contributed by atoms with Crippen LogP contribution in [0.25, 0.3) is 0 Å². The molecule has 0 amide bonds. The Balaban J connectivity index is 2.23. The van der Waals surface area contributed by atoms with E-state index in [-0.39, 0.29) is 0 Å². The van der Waals surface area contributed by atoms with Gasteiger partial charge in [0, 0.05) is 13.1 Å².